The molecule has 4 heteroatoms. The van der Waals surface area contributed by atoms with Crippen molar-refractivity contribution in [3.05, 3.63) is 0 Å². The van der Waals surface area contributed by atoms with Crippen molar-refractivity contribution >= 4 is 5.91 Å². The first-order chi connectivity index (χ1) is 7.63. The van der Waals surface area contributed by atoms with Crippen LogP contribution in [0.1, 0.15) is 32.6 Å². The van der Waals surface area contributed by atoms with Crippen molar-refractivity contribution in [1.29, 1.82) is 0 Å². The van der Waals surface area contributed by atoms with Crippen LogP contribution in [-0.4, -0.2) is 48.8 Å². The zero-order valence-corrected chi connectivity index (χ0v) is 10.3. The molecular formula is C12H23NO3. The van der Waals surface area contributed by atoms with Crippen molar-refractivity contribution < 1.29 is 14.6 Å². The van der Waals surface area contributed by atoms with Crippen LogP contribution in [0.15, 0.2) is 0 Å². The lowest BCUT2D eigenvalue weighted by atomic mass is 9.82. The van der Waals surface area contributed by atoms with Crippen LogP contribution in [0.2, 0.25) is 0 Å². The fourth-order valence-electron chi connectivity index (χ4n) is 1.94. The van der Waals surface area contributed by atoms with Crippen LogP contribution in [0.4, 0.5) is 0 Å². The second-order valence-electron chi connectivity index (χ2n) is 4.63. The quantitative estimate of drug-likeness (QED) is 0.663. The smallest absolute Gasteiger partial charge is 0.224 e. The van der Waals surface area contributed by atoms with Crippen molar-refractivity contribution in [2.45, 2.75) is 38.7 Å². The van der Waals surface area contributed by atoms with Crippen LogP contribution in [0.25, 0.3) is 0 Å². The lowest BCUT2D eigenvalue weighted by Crippen LogP contribution is -2.39. The Labute approximate surface area is 97.6 Å². The zero-order chi connectivity index (χ0) is 12.0. The van der Waals surface area contributed by atoms with Gasteiger partial charge in [-0.1, -0.05) is 6.92 Å². The molecule has 94 valence electrons. The largest absolute Gasteiger partial charge is 0.393 e. The first-order valence-electron chi connectivity index (χ1n) is 6.13. The van der Waals surface area contributed by atoms with Gasteiger partial charge in [0.05, 0.1) is 19.1 Å². The van der Waals surface area contributed by atoms with Crippen LogP contribution >= 0.6 is 0 Å². The summed E-state index contributed by atoms with van der Waals surface area (Å²) in [6.07, 6.45) is 2.99. The molecule has 1 fully saturated rings. The van der Waals surface area contributed by atoms with Crippen LogP contribution < -0.4 is 0 Å². The molecular weight excluding hydrogens is 206 g/mol. The summed E-state index contributed by atoms with van der Waals surface area (Å²) in [6.45, 7) is 4.07. The minimum absolute atomic E-state index is 0.137. The molecule has 0 atom stereocenters. The van der Waals surface area contributed by atoms with Gasteiger partial charge in [0.15, 0.2) is 0 Å². The van der Waals surface area contributed by atoms with E-state index >= 15 is 0 Å². The Morgan fingerprint density at radius 1 is 1.44 bits per heavy atom. The lowest BCUT2D eigenvalue weighted by Gasteiger charge is -2.34. The molecule has 0 unspecified atom stereocenters. The zero-order valence-electron chi connectivity index (χ0n) is 10.3. The van der Waals surface area contributed by atoms with E-state index in [0.29, 0.717) is 18.9 Å². The fraction of sp³-hybridized carbons (Fsp3) is 0.917. The number of hydrogen-bond donors (Lipinski definition) is 1. The number of hydrogen-bond acceptors (Lipinski definition) is 3. The molecule has 0 heterocycles. The average molecular weight is 229 g/mol. The first-order valence-corrected chi connectivity index (χ1v) is 6.13. The number of carbonyl (C=O) groups excluding carboxylic acids is 1. The number of rotatable bonds is 7. The molecule has 1 aliphatic carbocycles. The van der Waals surface area contributed by atoms with Gasteiger partial charge >= 0.3 is 0 Å². The molecule has 0 bridgehead atoms. The van der Waals surface area contributed by atoms with E-state index in [1.54, 1.807) is 4.90 Å². The Morgan fingerprint density at radius 2 is 2.12 bits per heavy atom. The van der Waals surface area contributed by atoms with E-state index in [0.717, 1.165) is 32.4 Å². The van der Waals surface area contributed by atoms with E-state index in [1.807, 2.05) is 7.05 Å². The topological polar surface area (TPSA) is 49.8 Å². The highest BCUT2D eigenvalue weighted by Gasteiger charge is 2.28. The monoisotopic (exact) mass is 229 g/mol. The summed E-state index contributed by atoms with van der Waals surface area (Å²) in [7, 11) is 1.83. The van der Waals surface area contributed by atoms with Gasteiger partial charge in [-0.3, -0.25) is 4.79 Å². The van der Waals surface area contributed by atoms with Crippen molar-refractivity contribution in [2.75, 3.05) is 26.8 Å². The Kier molecular flexibility index (Phi) is 5.77. The highest BCUT2D eigenvalue weighted by atomic mass is 16.5. The van der Waals surface area contributed by atoms with E-state index in [4.69, 9.17) is 9.84 Å². The van der Waals surface area contributed by atoms with Crippen molar-refractivity contribution in [2.24, 2.45) is 5.92 Å². The summed E-state index contributed by atoms with van der Waals surface area (Å²) in [5, 5.41) is 9.15. The van der Waals surface area contributed by atoms with Gasteiger partial charge in [0.25, 0.3) is 0 Å². The number of amides is 1. The number of aliphatic hydroxyl groups excluding tert-OH is 1. The Balaban J connectivity index is 2.06. The Bertz CT molecular complexity index is 214. The van der Waals surface area contributed by atoms with E-state index < -0.39 is 0 Å². The van der Waals surface area contributed by atoms with Gasteiger partial charge in [-0.25, -0.2) is 0 Å². The third-order valence-electron chi connectivity index (χ3n) is 2.98. The van der Waals surface area contributed by atoms with Gasteiger partial charge in [-0.15, -0.1) is 0 Å². The average Bonchev–Trinajstić information content (AvgIpc) is 2.21. The summed E-state index contributed by atoms with van der Waals surface area (Å²) in [6, 6.07) is 0. The van der Waals surface area contributed by atoms with Crippen molar-refractivity contribution in [3.8, 4) is 0 Å². The summed E-state index contributed by atoms with van der Waals surface area (Å²) in [5.74, 6) is 0.623. The summed E-state index contributed by atoms with van der Waals surface area (Å²) >= 11 is 0. The molecule has 4 nitrogen and oxygen atoms in total. The van der Waals surface area contributed by atoms with Gasteiger partial charge in [0, 0.05) is 20.2 Å². The highest BCUT2D eigenvalue weighted by molar-refractivity contribution is 5.75. The van der Waals surface area contributed by atoms with Crippen LogP contribution in [0, 0.1) is 5.92 Å². The van der Waals surface area contributed by atoms with Gasteiger partial charge in [0.2, 0.25) is 5.91 Å². The maximum atomic E-state index is 11.6. The fourth-order valence-corrected chi connectivity index (χ4v) is 1.94. The third kappa shape index (κ3) is 4.49. The molecule has 0 spiro atoms. The van der Waals surface area contributed by atoms with E-state index in [2.05, 4.69) is 6.92 Å². The summed E-state index contributed by atoms with van der Waals surface area (Å²) < 4.78 is 5.28. The number of carbonyl (C=O) groups is 1. The molecule has 0 saturated heterocycles. The second-order valence-corrected chi connectivity index (χ2v) is 4.63. The maximum Gasteiger partial charge on any atom is 0.224 e. The number of nitrogens with zero attached hydrogens (tertiary/aromatic N) is 1. The van der Waals surface area contributed by atoms with Crippen LogP contribution in [-0.2, 0) is 9.53 Å². The lowest BCUT2D eigenvalue weighted by molar-refractivity contribution is -0.132. The number of ether oxygens (including phenoxy) is 1. The van der Waals surface area contributed by atoms with Crippen LogP contribution in [0.3, 0.4) is 0 Å². The third-order valence-corrected chi connectivity index (χ3v) is 2.98. The van der Waals surface area contributed by atoms with Gasteiger partial charge in [0.1, 0.15) is 0 Å². The van der Waals surface area contributed by atoms with E-state index in [9.17, 15) is 4.79 Å². The number of aliphatic hydroxyl groups is 1. The predicted molar refractivity (Wildman–Crippen MR) is 62.1 cm³/mol. The summed E-state index contributed by atoms with van der Waals surface area (Å²) in [4.78, 5) is 13.4. The van der Waals surface area contributed by atoms with Crippen molar-refractivity contribution in [3.63, 3.8) is 0 Å². The molecule has 0 aromatic rings. The molecule has 1 rings (SSSR count). The van der Waals surface area contributed by atoms with Crippen LogP contribution in [0.5, 0.6) is 0 Å². The second kappa shape index (κ2) is 6.86. The molecule has 0 aliphatic heterocycles. The van der Waals surface area contributed by atoms with Gasteiger partial charge in [-0.05, 0) is 25.2 Å². The van der Waals surface area contributed by atoms with E-state index in [-0.39, 0.29) is 12.0 Å². The standard InChI is InChI=1S/C12H23NO3/c1-3-5-16-6-4-12(15)13(2)9-10-7-11(14)8-10/h10-11,14H,3-9H2,1-2H3. The molecule has 16 heavy (non-hydrogen) atoms. The molecule has 0 radical (unpaired) electrons. The first kappa shape index (κ1) is 13.5. The van der Waals surface area contributed by atoms with E-state index in [1.165, 1.54) is 0 Å². The normalized spacial score (nSPS) is 23.9. The highest BCUT2D eigenvalue weighted by Crippen LogP contribution is 2.27. The SMILES string of the molecule is CCCOCCC(=O)N(C)CC1CC(O)C1. The molecule has 1 N–H and O–H groups in total. The maximum absolute atomic E-state index is 11.6. The van der Waals surface area contributed by atoms with Gasteiger partial charge in [-0.2, -0.15) is 0 Å². The Morgan fingerprint density at radius 3 is 2.69 bits per heavy atom. The molecule has 1 aliphatic rings. The molecule has 0 aromatic carbocycles. The molecule has 1 amide bonds. The summed E-state index contributed by atoms with van der Waals surface area (Å²) in [5.41, 5.74) is 0. The molecule has 0 aromatic heterocycles. The Hall–Kier alpha value is -0.610. The minimum atomic E-state index is -0.138. The van der Waals surface area contributed by atoms with Gasteiger partial charge < -0.3 is 14.7 Å². The van der Waals surface area contributed by atoms with Crippen molar-refractivity contribution in [1.82, 2.24) is 4.90 Å². The predicted octanol–water partition coefficient (Wildman–Crippen LogP) is 1.03. The molecule has 1 saturated carbocycles. The minimum Gasteiger partial charge on any atom is -0.393 e.